The van der Waals surface area contributed by atoms with Crippen LogP contribution in [0.25, 0.3) is 0 Å². The van der Waals surface area contributed by atoms with Gasteiger partial charge < -0.3 is 10.5 Å². The highest BCUT2D eigenvalue weighted by molar-refractivity contribution is 6.43. The number of hydrogen-bond acceptors (Lipinski definition) is 2. The maximum Gasteiger partial charge on any atom is 0.147 e. The second-order valence-corrected chi connectivity index (χ2v) is 5.66. The standard InChI is InChI=1S/C15H14Cl3NO/c1-9-6-10(4-5-19)2-3-14(9)20-15-8-12(17)11(16)7-13(15)18/h2-3,6-8H,4-5,19H2,1H3. The van der Waals surface area contributed by atoms with Crippen molar-refractivity contribution in [2.24, 2.45) is 5.73 Å². The first-order chi connectivity index (χ1) is 9.51. The van der Waals surface area contributed by atoms with Gasteiger partial charge >= 0.3 is 0 Å². The van der Waals surface area contributed by atoms with Gasteiger partial charge in [-0.3, -0.25) is 0 Å². The maximum atomic E-state index is 6.10. The first-order valence-corrected chi connectivity index (χ1v) is 7.26. The molecule has 2 aromatic carbocycles. The summed E-state index contributed by atoms with van der Waals surface area (Å²) in [7, 11) is 0. The molecule has 0 saturated carbocycles. The van der Waals surface area contributed by atoms with Crippen molar-refractivity contribution >= 4 is 34.8 Å². The van der Waals surface area contributed by atoms with Crippen LogP contribution in [0.2, 0.25) is 15.1 Å². The van der Waals surface area contributed by atoms with Gasteiger partial charge in [0.1, 0.15) is 11.5 Å². The summed E-state index contributed by atoms with van der Waals surface area (Å²) < 4.78 is 5.80. The molecule has 2 N–H and O–H groups in total. The van der Waals surface area contributed by atoms with Crippen LogP contribution in [0.15, 0.2) is 30.3 Å². The molecule has 0 aromatic heterocycles. The van der Waals surface area contributed by atoms with Crippen LogP contribution in [0.1, 0.15) is 11.1 Å². The first-order valence-electron chi connectivity index (χ1n) is 6.13. The van der Waals surface area contributed by atoms with Crippen LogP contribution in [0.4, 0.5) is 0 Å². The van der Waals surface area contributed by atoms with Crippen LogP contribution in [0, 0.1) is 6.92 Å². The molecule has 0 amide bonds. The molecule has 2 rings (SSSR count). The molecule has 0 heterocycles. The zero-order valence-corrected chi connectivity index (χ0v) is 13.2. The highest BCUT2D eigenvalue weighted by atomic mass is 35.5. The lowest BCUT2D eigenvalue weighted by molar-refractivity contribution is 0.479. The van der Waals surface area contributed by atoms with Crippen LogP contribution in [0.3, 0.4) is 0 Å². The third-order valence-corrected chi connectivity index (χ3v) is 3.88. The van der Waals surface area contributed by atoms with Gasteiger partial charge in [-0.05, 0) is 43.1 Å². The Labute approximate surface area is 133 Å². The lowest BCUT2D eigenvalue weighted by Gasteiger charge is -2.12. The molecule has 0 aliphatic carbocycles. The molecule has 0 unspecified atom stereocenters. The Balaban J connectivity index is 2.28. The van der Waals surface area contributed by atoms with E-state index in [0.29, 0.717) is 27.4 Å². The highest BCUT2D eigenvalue weighted by Gasteiger charge is 2.10. The summed E-state index contributed by atoms with van der Waals surface area (Å²) in [5.41, 5.74) is 7.74. The van der Waals surface area contributed by atoms with E-state index in [2.05, 4.69) is 0 Å². The van der Waals surface area contributed by atoms with E-state index in [1.54, 1.807) is 12.1 Å². The number of hydrogen-bond donors (Lipinski definition) is 1. The monoisotopic (exact) mass is 329 g/mol. The van der Waals surface area contributed by atoms with E-state index in [1.165, 1.54) is 5.56 Å². The van der Waals surface area contributed by atoms with Crippen LogP contribution in [-0.4, -0.2) is 6.54 Å². The third-order valence-electron chi connectivity index (χ3n) is 2.87. The SMILES string of the molecule is Cc1cc(CCN)ccc1Oc1cc(Cl)c(Cl)cc1Cl. The summed E-state index contributed by atoms with van der Waals surface area (Å²) in [6.07, 6.45) is 0.842. The quantitative estimate of drug-likeness (QED) is 0.777. The summed E-state index contributed by atoms with van der Waals surface area (Å²) in [6.45, 7) is 2.60. The zero-order valence-electron chi connectivity index (χ0n) is 10.9. The van der Waals surface area contributed by atoms with Gasteiger partial charge in [0.05, 0.1) is 15.1 Å². The molecule has 2 aromatic rings. The fourth-order valence-corrected chi connectivity index (χ4v) is 2.42. The molecule has 5 heteroatoms. The molecule has 0 fully saturated rings. The Morgan fingerprint density at radius 3 is 2.30 bits per heavy atom. The van der Waals surface area contributed by atoms with Crippen molar-refractivity contribution in [2.75, 3.05) is 6.54 Å². The number of halogens is 3. The normalized spacial score (nSPS) is 10.7. The molecular formula is C15H14Cl3NO. The zero-order chi connectivity index (χ0) is 14.7. The van der Waals surface area contributed by atoms with Crippen LogP contribution in [0.5, 0.6) is 11.5 Å². The molecular weight excluding hydrogens is 317 g/mol. The fraction of sp³-hybridized carbons (Fsp3) is 0.200. The van der Waals surface area contributed by atoms with Crippen molar-refractivity contribution in [1.82, 2.24) is 0 Å². The maximum absolute atomic E-state index is 6.10. The Hall–Kier alpha value is -0.930. The molecule has 0 aliphatic heterocycles. The molecule has 20 heavy (non-hydrogen) atoms. The highest BCUT2D eigenvalue weighted by Crippen LogP contribution is 2.37. The van der Waals surface area contributed by atoms with Crippen molar-refractivity contribution in [1.29, 1.82) is 0 Å². The van der Waals surface area contributed by atoms with E-state index in [0.717, 1.165) is 17.7 Å². The van der Waals surface area contributed by atoms with E-state index >= 15 is 0 Å². The van der Waals surface area contributed by atoms with Gasteiger partial charge in [0.15, 0.2) is 0 Å². The minimum absolute atomic E-state index is 0.402. The molecule has 0 spiro atoms. The Morgan fingerprint density at radius 1 is 0.950 bits per heavy atom. The van der Waals surface area contributed by atoms with E-state index in [9.17, 15) is 0 Å². The van der Waals surface area contributed by atoms with Gasteiger partial charge in [0.2, 0.25) is 0 Å². The van der Waals surface area contributed by atoms with Crippen LogP contribution < -0.4 is 10.5 Å². The summed E-state index contributed by atoms with van der Waals surface area (Å²) in [6, 6.07) is 9.12. The fourth-order valence-electron chi connectivity index (χ4n) is 1.85. The minimum Gasteiger partial charge on any atom is -0.455 e. The van der Waals surface area contributed by atoms with Gasteiger partial charge in [-0.25, -0.2) is 0 Å². The molecule has 0 atom stereocenters. The van der Waals surface area contributed by atoms with Crippen LogP contribution in [-0.2, 0) is 6.42 Å². The van der Waals surface area contributed by atoms with Gasteiger partial charge in [0, 0.05) is 6.07 Å². The summed E-state index contributed by atoms with van der Waals surface area (Å²) in [4.78, 5) is 0. The Kier molecular flexibility index (Phi) is 5.17. The van der Waals surface area contributed by atoms with Gasteiger partial charge in [-0.2, -0.15) is 0 Å². The van der Waals surface area contributed by atoms with E-state index in [-0.39, 0.29) is 0 Å². The van der Waals surface area contributed by atoms with Crippen molar-refractivity contribution in [3.05, 3.63) is 56.5 Å². The Morgan fingerprint density at radius 2 is 1.65 bits per heavy atom. The van der Waals surface area contributed by atoms with Crippen molar-refractivity contribution in [3.63, 3.8) is 0 Å². The second-order valence-electron chi connectivity index (χ2n) is 4.44. The lowest BCUT2D eigenvalue weighted by atomic mass is 10.1. The molecule has 0 bridgehead atoms. The molecule has 106 valence electrons. The second kappa shape index (κ2) is 6.68. The Bertz CT molecular complexity index is 629. The van der Waals surface area contributed by atoms with Crippen LogP contribution >= 0.6 is 34.8 Å². The van der Waals surface area contributed by atoms with E-state index < -0.39 is 0 Å². The number of aryl methyl sites for hydroxylation is 1. The molecule has 0 aliphatic rings. The predicted molar refractivity (Wildman–Crippen MR) is 85.5 cm³/mol. The largest absolute Gasteiger partial charge is 0.455 e. The number of benzene rings is 2. The molecule has 2 nitrogen and oxygen atoms in total. The summed E-state index contributed by atoms with van der Waals surface area (Å²) >= 11 is 18.0. The van der Waals surface area contributed by atoms with E-state index in [4.69, 9.17) is 45.3 Å². The van der Waals surface area contributed by atoms with Crippen molar-refractivity contribution in [2.45, 2.75) is 13.3 Å². The van der Waals surface area contributed by atoms with Crippen molar-refractivity contribution in [3.8, 4) is 11.5 Å². The average molecular weight is 331 g/mol. The topological polar surface area (TPSA) is 35.2 Å². The number of nitrogens with two attached hydrogens (primary N) is 1. The number of rotatable bonds is 4. The van der Waals surface area contributed by atoms with Gasteiger partial charge in [-0.15, -0.1) is 0 Å². The summed E-state index contributed by atoms with van der Waals surface area (Å²) in [5.74, 6) is 1.21. The predicted octanol–water partition coefficient (Wildman–Crippen LogP) is 5.25. The van der Waals surface area contributed by atoms with Crippen molar-refractivity contribution < 1.29 is 4.74 Å². The minimum atomic E-state index is 0.402. The molecule has 0 radical (unpaired) electrons. The van der Waals surface area contributed by atoms with Gasteiger partial charge in [-0.1, -0.05) is 46.9 Å². The average Bonchev–Trinajstić information content (AvgIpc) is 2.39. The first kappa shape index (κ1) is 15.5. The third kappa shape index (κ3) is 3.58. The smallest absolute Gasteiger partial charge is 0.147 e. The lowest BCUT2D eigenvalue weighted by Crippen LogP contribution is -2.02. The molecule has 0 saturated heterocycles. The number of ether oxygens (including phenoxy) is 1. The summed E-state index contributed by atoms with van der Waals surface area (Å²) in [5, 5.41) is 1.23. The van der Waals surface area contributed by atoms with E-state index in [1.807, 2.05) is 25.1 Å². The van der Waals surface area contributed by atoms with Gasteiger partial charge in [0.25, 0.3) is 0 Å².